The fourth-order valence-corrected chi connectivity index (χ4v) is 4.70. The Bertz CT molecular complexity index is 1430. The fraction of sp³-hybridized carbons (Fsp3) is 0.438. The summed E-state index contributed by atoms with van der Waals surface area (Å²) in [5, 5.41) is 0. The van der Waals surface area contributed by atoms with Crippen molar-refractivity contribution in [3.63, 3.8) is 0 Å². The minimum absolute atomic E-state index is 0.0911. The molecule has 0 bridgehead atoms. The summed E-state index contributed by atoms with van der Waals surface area (Å²) < 4.78 is 20.8. The van der Waals surface area contributed by atoms with Gasteiger partial charge in [-0.3, -0.25) is 9.59 Å². The first-order valence-corrected chi connectivity index (χ1v) is 13.8. The highest BCUT2D eigenvalue weighted by atomic mass is 16.6. The van der Waals surface area contributed by atoms with Crippen LogP contribution in [0.25, 0.3) is 0 Å². The van der Waals surface area contributed by atoms with Crippen LogP contribution in [0.1, 0.15) is 93.8 Å². The van der Waals surface area contributed by atoms with Crippen LogP contribution in [-0.4, -0.2) is 53.7 Å². The standard InChI is InChI=1S/C32H40N2O8/c1-19-23(14-16-27(36)40-7)29(31(38)42-32(3,4)5)33-24(19)17-25-22(13-15-26(35)39-6)20(2)28(34-25)30(37)41-18-21-11-9-8-10-12-21/h8-12,33-34H,13-18H2,1-7H3. The predicted octanol–water partition coefficient (Wildman–Crippen LogP) is 5.07. The molecular formula is C32H40N2O8. The van der Waals surface area contributed by atoms with Gasteiger partial charge >= 0.3 is 23.9 Å². The maximum Gasteiger partial charge on any atom is 0.355 e. The molecule has 0 radical (unpaired) electrons. The van der Waals surface area contributed by atoms with Crippen LogP contribution in [-0.2, 0) is 54.4 Å². The van der Waals surface area contributed by atoms with Crippen LogP contribution in [0, 0.1) is 13.8 Å². The number of ether oxygens (including phenoxy) is 4. The van der Waals surface area contributed by atoms with Crippen molar-refractivity contribution in [3.8, 4) is 0 Å². The van der Waals surface area contributed by atoms with E-state index in [0.29, 0.717) is 41.1 Å². The number of esters is 4. The minimum Gasteiger partial charge on any atom is -0.469 e. The average molecular weight is 581 g/mol. The van der Waals surface area contributed by atoms with Crippen LogP contribution in [0.3, 0.4) is 0 Å². The quantitative estimate of drug-likeness (QED) is 0.224. The molecule has 2 N–H and O–H groups in total. The Morgan fingerprint density at radius 3 is 1.88 bits per heavy atom. The Labute approximate surface area is 246 Å². The van der Waals surface area contributed by atoms with Crippen molar-refractivity contribution in [2.75, 3.05) is 14.2 Å². The number of carbonyl (C=O) groups is 4. The van der Waals surface area contributed by atoms with Crippen LogP contribution in [0.2, 0.25) is 0 Å². The zero-order valence-corrected chi connectivity index (χ0v) is 25.4. The van der Waals surface area contributed by atoms with Gasteiger partial charge in [0, 0.05) is 30.7 Å². The highest BCUT2D eigenvalue weighted by Gasteiger charge is 2.27. The number of rotatable bonds is 12. The molecule has 0 atom stereocenters. The van der Waals surface area contributed by atoms with Gasteiger partial charge in [0.15, 0.2) is 0 Å². The molecule has 0 spiro atoms. The first-order valence-electron chi connectivity index (χ1n) is 13.8. The summed E-state index contributed by atoms with van der Waals surface area (Å²) in [6.07, 6.45) is 1.12. The molecule has 2 heterocycles. The topological polar surface area (TPSA) is 137 Å². The third-order valence-corrected chi connectivity index (χ3v) is 6.94. The van der Waals surface area contributed by atoms with E-state index in [1.807, 2.05) is 37.3 Å². The van der Waals surface area contributed by atoms with Gasteiger partial charge in [0.2, 0.25) is 0 Å². The summed E-state index contributed by atoms with van der Waals surface area (Å²) in [7, 11) is 2.65. The van der Waals surface area contributed by atoms with E-state index in [9.17, 15) is 19.2 Å². The number of aromatic nitrogens is 2. The van der Waals surface area contributed by atoms with E-state index in [-0.39, 0.29) is 37.5 Å². The number of nitrogens with one attached hydrogen (secondary N) is 2. The monoisotopic (exact) mass is 580 g/mol. The summed E-state index contributed by atoms with van der Waals surface area (Å²) in [4.78, 5) is 56.6. The van der Waals surface area contributed by atoms with Crippen molar-refractivity contribution in [2.45, 2.75) is 78.9 Å². The van der Waals surface area contributed by atoms with Crippen molar-refractivity contribution in [2.24, 2.45) is 0 Å². The molecule has 10 heteroatoms. The summed E-state index contributed by atoms with van der Waals surface area (Å²) in [6, 6.07) is 9.37. The van der Waals surface area contributed by atoms with Crippen molar-refractivity contribution in [3.05, 3.63) is 80.9 Å². The number of aromatic amines is 2. The average Bonchev–Trinajstić information content (AvgIpc) is 3.43. The van der Waals surface area contributed by atoms with Crippen LogP contribution >= 0.6 is 0 Å². The molecule has 226 valence electrons. The zero-order valence-electron chi connectivity index (χ0n) is 25.4. The lowest BCUT2D eigenvalue weighted by Crippen LogP contribution is -2.24. The van der Waals surface area contributed by atoms with Crippen LogP contribution < -0.4 is 0 Å². The predicted molar refractivity (Wildman–Crippen MR) is 155 cm³/mol. The first-order chi connectivity index (χ1) is 19.8. The summed E-state index contributed by atoms with van der Waals surface area (Å²) in [5.74, 6) is -1.81. The van der Waals surface area contributed by atoms with Crippen molar-refractivity contribution < 1.29 is 38.1 Å². The number of carbonyl (C=O) groups excluding carboxylic acids is 4. The third kappa shape index (κ3) is 8.34. The molecule has 2 aromatic heterocycles. The zero-order chi connectivity index (χ0) is 31.0. The van der Waals surface area contributed by atoms with Gasteiger partial charge in [-0.15, -0.1) is 0 Å². The lowest BCUT2D eigenvalue weighted by atomic mass is 9.99. The normalized spacial score (nSPS) is 11.2. The van der Waals surface area contributed by atoms with E-state index in [0.717, 1.165) is 16.7 Å². The number of hydrogen-bond acceptors (Lipinski definition) is 8. The van der Waals surface area contributed by atoms with E-state index in [2.05, 4.69) is 9.97 Å². The van der Waals surface area contributed by atoms with E-state index in [1.54, 1.807) is 27.7 Å². The van der Waals surface area contributed by atoms with Crippen molar-refractivity contribution in [1.29, 1.82) is 0 Å². The molecule has 0 saturated heterocycles. The smallest absolute Gasteiger partial charge is 0.355 e. The lowest BCUT2D eigenvalue weighted by Gasteiger charge is -2.19. The Morgan fingerprint density at radius 2 is 1.31 bits per heavy atom. The maximum atomic E-state index is 13.1. The summed E-state index contributed by atoms with van der Waals surface area (Å²) >= 11 is 0. The van der Waals surface area contributed by atoms with E-state index in [4.69, 9.17) is 18.9 Å². The van der Waals surface area contributed by atoms with Gasteiger partial charge in [-0.25, -0.2) is 9.59 Å². The molecule has 0 amide bonds. The van der Waals surface area contributed by atoms with Gasteiger partial charge in [-0.2, -0.15) is 0 Å². The van der Waals surface area contributed by atoms with Gasteiger partial charge in [0.05, 0.1) is 14.2 Å². The Morgan fingerprint density at radius 1 is 0.738 bits per heavy atom. The second-order valence-corrected chi connectivity index (χ2v) is 11.1. The fourth-order valence-electron chi connectivity index (χ4n) is 4.70. The number of methoxy groups -OCH3 is 2. The first kappa shape index (κ1) is 32.2. The molecule has 3 aromatic rings. The third-order valence-electron chi connectivity index (χ3n) is 6.94. The molecule has 0 aliphatic heterocycles. The van der Waals surface area contributed by atoms with Crippen LogP contribution in [0.4, 0.5) is 0 Å². The molecule has 1 aromatic carbocycles. The molecule has 0 aliphatic rings. The molecule has 10 nitrogen and oxygen atoms in total. The Balaban J connectivity index is 1.98. The highest BCUT2D eigenvalue weighted by molar-refractivity contribution is 5.91. The summed E-state index contributed by atoms with van der Waals surface area (Å²) in [5.41, 5.74) is 5.02. The second kappa shape index (κ2) is 14.0. The van der Waals surface area contributed by atoms with E-state index < -0.39 is 23.5 Å². The van der Waals surface area contributed by atoms with Crippen molar-refractivity contribution in [1.82, 2.24) is 9.97 Å². The SMILES string of the molecule is COC(=O)CCc1c(Cc2[nH]c(C(=O)OC(C)(C)C)c(CCC(=O)OC)c2C)[nH]c(C(=O)OCc2ccccc2)c1C. The van der Waals surface area contributed by atoms with Crippen LogP contribution in [0.15, 0.2) is 30.3 Å². The molecule has 3 rings (SSSR count). The molecule has 0 aliphatic carbocycles. The number of H-pyrrole nitrogens is 2. The van der Waals surface area contributed by atoms with Gasteiger partial charge < -0.3 is 28.9 Å². The Hall–Kier alpha value is -4.34. The molecular weight excluding hydrogens is 540 g/mol. The van der Waals surface area contributed by atoms with Gasteiger partial charge in [0.1, 0.15) is 23.6 Å². The van der Waals surface area contributed by atoms with Crippen LogP contribution in [0.5, 0.6) is 0 Å². The van der Waals surface area contributed by atoms with E-state index in [1.165, 1.54) is 14.2 Å². The molecule has 0 saturated carbocycles. The molecule has 0 unspecified atom stereocenters. The minimum atomic E-state index is -0.720. The molecule has 0 fully saturated rings. The number of benzene rings is 1. The Kier molecular flexibility index (Phi) is 10.7. The van der Waals surface area contributed by atoms with E-state index >= 15 is 0 Å². The summed E-state index contributed by atoms with van der Waals surface area (Å²) in [6.45, 7) is 9.13. The van der Waals surface area contributed by atoms with Gasteiger partial charge in [-0.05, 0) is 75.3 Å². The maximum absolute atomic E-state index is 13.1. The lowest BCUT2D eigenvalue weighted by molar-refractivity contribution is -0.141. The van der Waals surface area contributed by atoms with Gasteiger partial charge in [0.25, 0.3) is 0 Å². The number of hydrogen-bond donors (Lipinski definition) is 2. The van der Waals surface area contributed by atoms with Gasteiger partial charge in [-0.1, -0.05) is 30.3 Å². The second-order valence-electron chi connectivity index (χ2n) is 11.1. The molecule has 42 heavy (non-hydrogen) atoms. The van der Waals surface area contributed by atoms with Crippen molar-refractivity contribution >= 4 is 23.9 Å². The largest absolute Gasteiger partial charge is 0.469 e. The highest BCUT2D eigenvalue weighted by Crippen LogP contribution is 2.28.